The predicted octanol–water partition coefficient (Wildman–Crippen LogP) is 3.53. The lowest BCUT2D eigenvalue weighted by Gasteiger charge is -2.25. The lowest BCUT2D eigenvalue weighted by atomic mass is 10.1. The third kappa shape index (κ3) is 3.61. The number of benzene rings is 2. The highest BCUT2D eigenvalue weighted by Crippen LogP contribution is 2.41. The van der Waals surface area contributed by atoms with Crippen LogP contribution in [0.2, 0.25) is 0 Å². The highest BCUT2D eigenvalue weighted by molar-refractivity contribution is 8.16. The van der Waals surface area contributed by atoms with Crippen LogP contribution in [0.25, 0.3) is 0 Å². The van der Waals surface area contributed by atoms with E-state index in [2.05, 4.69) is 4.99 Å². The molecule has 2 atom stereocenters. The van der Waals surface area contributed by atoms with Crippen LogP contribution in [0.4, 0.5) is 5.69 Å². The van der Waals surface area contributed by atoms with Crippen LogP contribution >= 0.6 is 11.8 Å². The van der Waals surface area contributed by atoms with E-state index in [1.807, 2.05) is 62.1 Å². The van der Waals surface area contributed by atoms with E-state index in [1.165, 1.54) is 17.3 Å². The average Bonchev–Trinajstić information content (AvgIpc) is 3.08. The molecule has 2 fully saturated rings. The molecular weight excluding hydrogens is 392 g/mol. The van der Waals surface area contributed by atoms with Crippen LogP contribution in [0.3, 0.4) is 0 Å². The van der Waals surface area contributed by atoms with Crippen molar-refractivity contribution in [2.45, 2.75) is 32.1 Å². The van der Waals surface area contributed by atoms with Crippen molar-refractivity contribution in [3.05, 3.63) is 64.7 Å². The van der Waals surface area contributed by atoms with Gasteiger partial charge in [0.1, 0.15) is 0 Å². The van der Waals surface area contributed by atoms with Gasteiger partial charge < -0.3 is 4.90 Å². The Morgan fingerprint density at radius 2 is 1.86 bits per heavy atom. The number of hydrogen-bond acceptors (Lipinski definition) is 4. The van der Waals surface area contributed by atoms with Gasteiger partial charge in [-0.3, -0.25) is 4.79 Å². The Morgan fingerprint density at radius 3 is 2.57 bits per heavy atom. The minimum atomic E-state index is -3.08. The van der Waals surface area contributed by atoms with Gasteiger partial charge in [0.15, 0.2) is 15.0 Å². The van der Waals surface area contributed by atoms with E-state index in [9.17, 15) is 13.2 Å². The van der Waals surface area contributed by atoms with Crippen molar-refractivity contribution >= 4 is 38.4 Å². The summed E-state index contributed by atoms with van der Waals surface area (Å²) in [5.74, 6) is -0.0841. The molecule has 7 heteroatoms. The van der Waals surface area contributed by atoms with Gasteiger partial charge in [0.2, 0.25) is 0 Å². The number of anilines is 1. The van der Waals surface area contributed by atoms with Crippen LogP contribution in [0, 0.1) is 20.8 Å². The van der Waals surface area contributed by atoms with Crippen LogP contribution in [0.5, 0.6) is 0 Å². The number of rotatable bonds is 2. The molecule has 2 aliphatic heterocycles. The van der Waals surface area contributed by atoms with Crippen molar-refractivity contribution in [3.63, 3.8) is 0 Å². The Hall–Kier alpha value is -2.12. The first kappa shape index (κ1) is 19.2. The number of carbonyl (C=O) groups excluding carboxylic acids is 1. The smallest absolute Gasteiger partial charge is 0.279 e. The molecule has 0 aromatic heterocycles. The van der Waals surface area contributed by atoms with Gasteiger partial charge in [0.25, 0.3) is 5.91 Å². The molecule has 4 rings (SSSR count). The molecule has 2 aliphatic rings. The number of fused-ring (bicyclic) bond motifs is 1. The van der Waals surface area contributed by atoms with Crippen molar-refractivity contribution < 1.29 is 13.2 Å². The number of thioether (sulfide) groups is 1. The summed E-state index contributed by atoms with van der Waals surface area (Å²) in [6.07, 6.45) is 0. The number of carbonyl (C=O) groups is 1. The standard InChI is InChI=1S/C21H22N2O3S2/c1-13-5-4-6-16(9-13)20(24)22-21-23(17-8-7-14(2)15(3)10-17)18-11-28(25,26)12-19(18)27-21/h4-10,18-19H,11-12H2,1-3H3/t18-,19+/m0/s1. The summed E-state index contributed by atoms with van der Waals surface area (Å²) in [6.45, 7) is 6.00. The first-order valence-electron chi connectivity index (χ1n) is 9.17. The summed E-state index contributed by atoms with van der Waals surface area (Å²) in [6, 6.07) is 13.2. The molecule has 5 nitrogen and oxygen atoms in total. The Labute approximate surface area is 169 Å². The van der Waals surface area contributed by atoms with Crippen LogP contribution < -0.4 is 4.90 Å². The number of nitrogens with zero attached hydrogens (tertiary/aromatic N) is 2. The molecule has 2 aromatic carbocycles. The molecule has 0 unspecified atom stereocenters. The Balaban J connectivity index is 1.75. The largest absolute Gasteiger partial charge is 0.316 e. The van der Waals surface area contributed by atoms with E-state index in [-0.39, 0.29) is 28.7 Å². The highest BCUT2D eigenvalue weighted by Gasteiger charge is 2.49. The molecule has 0 bridgehead atoms. The number of amidine groups is 1. The summed E-state index contributed by atoms with van der Waals surface area (Å²) in [7, 11) is -3.08. The first-order valence-corrected chi connectivity index (χ1v) is 11.9. The number of aliphatic imine (C=N–C) groups is 1. The molecular formula is C21H22N2O3S2. The molecule has 0 aliphatic carbocycles. The Morgan fingerprint density at radius 1 is 1.07 bits per heavy atom. The van der Waals surface area contributed by atoms with Gasteiger partial charge in [0.05, 0.1) is 17.5 Å². The van der Waals surface area contributed by atoms with Gasteiger partial charge in [-0.05, 0) is 56.2 Å². The maximum absolute atomic E-state index is 12.8. The second-order valence-corrected chi connectivity index (χ2v) is 10.9. The lowest BCUT2D eigenvalue weighted by Crippen LogP contribution is -2.37. The topological polar surface area (TPSA) is 66.8 Å². The summed E-state index contributed by atoms with van der Waals surface area (Å²) < 4.78 is 24.4. The Kier molecular flexibility index (Phi) is 4.83. The minimum absolute atomic E-state index is 0.0925. The molecule has 2 heterocycles. The first-order chi connectivity index (χ1) is 13.2. The number of hydrogen-bond donors (Lipinski definition) is 0. The van der Waals surface area contributed by atoms with Crippen LogP contribution in [0.1, 0.15) is 27.0 Å². The van der Waals surface area contributed by atoms with Gasteiger partial charge in [0, 0.05) is 16.5 Å². The zero-order chi connectivity index (χ0) is 20.1. The monoisotopic (exact) mass is 414 g/mol. The maximum atomic E-state index is 12.8. The summed E-state index contributed by atoms with van der Waals surface area (Å²) in [5.41, 5.74) is 4.71. The summed E-state index contributed by atoms with van der Waals surface area (Å²) in [5, 5.41) is 0.482. The van der Waals surface area contributed by atoms with Gasteiger partial charge >= 0.3 is 0 Å². The van der Waals surface area contributed by atoms with Crippen molar-refractivity contribution in [1.29, 1.82) is 0 Å². The fraction of sp³-hybridized carbons (Fsp3) is 0.333. The maximum Gasteiger partial charge on any atom is 0.279 e. The molecule has 0 N–H and O–H groups in total. The second-order valence-electron chi connectivity index (χ2n) is 7.51. The number of sulfone groups is 1. The number of amides is 1. The summed E-state index contributed by atoms with van der Waals surface area (Å²) >= 11 is 1.40. The average molecular weight is 415 g/mol. The van der Waals surface area contributed by atoms with Crippen LogP contribution in [0.15, 0.2) is 47.5 Å². The summed E-state index contributed by atoms with van der Waals surface area (Å²) in [4.78, 5) is 19.1. The van der Waals surface area contributed by atoms with Crippen molar-refractivity contribution in [2.75, 3.05) is 16.4 Å². The van der Waals surface area contributed by atoms with E-state index in [4.69, 9.17) is 0 Å². The molecule has 1 amide bonds. The quantitative estimate of drug-likeness (QED) is 0.752. The fourth-order valence-electron chi connectivity index (χ4n) is 3.67. The van der Waals surface area contributed by atoms with E-state index < -0.39 is 9.84 Å². The molecule has 2 saturated heterocycles. The van der Waals surface area contributed by atoms with Crippen molar-refractivity contribution in [3.8, 4) is 0 Å². The zero-order valence-electron chi connectivity index (χ0n) is 16.0. The third-order valence-corrected chi connectivity index (χ3v) is 8.51. The molecule has 2 aromatic rings. The predicted molar refractivity (Wildman–Crippen MR) is 115 cm³/mol. The molecule has 0 spiro atoms. The lowest BCUT2D eigenvalue weighted by molar-refractivity contribution is 0.100. The van der Waals surface area contributed by atoms with Gasteiger partial charge in [-0.1, -0.05) is 35.5 Å². The van der Waals surface area contributed by atoms with Gasteiger partial charge in [-0.2, -0.15) is 4.99 Å². The fourth-order valence-corrected chi connectivity index (χ4v) is 7.58. The van der Waals surface area contributed by atoms with Crippen molar-refractivity contribution in [2.24, 2.45) is 4.99 Å². The SMILES string of the molecule is Cc1cccc(C(=O)N=C2S[C@@H]3CS(=O)(=O)C[C@@H]3N2c2ccc(C)c(C)c2)c1. The van der Waals surface area contributed by atoms with Crippen LogP contribution in [-0.2, 0) is 9.84 Å². The number of aryl methyl sites for hydroxylation is 3. The van der Waals surface area contributed by atoms with E-state index in [1.54, 1.807) is 6.07 Å². The van der Waals surface area contributed by atoms with Gasteiger partial charge in [-0.25, -0.2) is 8.42 Å². The molecule has 28 heavy (non-hydrogen) atoms. The van der Waals surface area contributed by atoms with E-state index in [0.29, 0.717) is 10.7 Å². The Bertz CT molecular complexity index is 1090. The van der Waals surface area contributed by atoms with E-state index in [0.717, 1.165) is 16.8 Å². The van der Waals surface area contributed by atoms with Crippen molar-refractivity contribution in [1.82, 2.24) is 0 Å². The molecule has 146 valence electrons. The third-order valence-electron chi connectivity index (χ3n) is 5.30. The van der Waals surface area contributed by atoms with Gasteiger partial charge in [-0.15, -0.1) is 0 Å². The molecule has 0 radical (unpaired) electrons. The highest BCUT2D eigenvalue weighted by atomic mass is 32.2. The zero-order valence-corrected chi connectivity index (χ0v) is 17.7. The molecule has 0 saturated carbocycles. The normalized spacial score (nSPS) is 24.5. The van der Waals surface area contributed by atoms with E-state index >= 15 is 0 Å². The van der Waals surface area contributed by atoms with Crippen LogP contribution in [-0.4, -0.2) is 42.3 Å². The second kappa shape index (κ2) is 7.04. The minimum Gasteiger partial charge on any atom is -0.316 e.